The number of fused-ring (bicyclic) bond motifs is 10. The summed E-state index contributed by atoms with van der Waals surface area (Å²) < 4.78 is 26.6. The average Bonchev–Trinajstić information content (AvgIpc) is 1.49. The van der Waals surface area contributed by atoms with Crippen LogP contribution >= 0.6 is 0 Å². The number of benzene rings is 6. The molecular formula is C83H92N2O12S14. The molecule has 0 radical (unpaired) electrons. The Morgan fingerprint density at radius 2 is 0.766 bits per heavy atom. The SMILES string of the molecule is C.CC(=O)O[C@@]12C[C@@H](C)[C@@]3(O)[C@@H](C=C(COC(c4ccccc4)(c4ccccc4)c4ccccc4)C[C@]4(O)C(=O)C(C)=C[C@@H]34)[C@@H]1C(C)(C)N=N2.CC(=O)O[C@@]12C[C@@H](C)[C@@]3(O)[C@@H](C=C(COC(c4ccccc4)(c4ccccc4)c4ccccc4)C[C@]4(O)C(=O)C(C)=C[C@@H]34)[C@@H]1C2(C)C.S=S=S=S=S=S.S=S=S=S=S=S=S=S. The van der Waals surface area contributed by atoms with Crippen LogP contribution in [0.1, 0.15) is 136 Å². The van der Waals surface area contributed by atoms with Gasteiger partial charge < -0.3 is 39.4 Å². The molecule has 7 aliphatic carbocycles. The van der Waals surface area contributed by atoms with Crippen molar-refractivity contribution in [1.29, 1.82) is 0 Å². The van der Waals surface area contributed by atoms with E-state index in [9.17, 15) is 39.6 Å². The lowest BCUT2D eigenvalue weighted by Gasteiger charge is -2.56. The quantitative estimate of drug-likeness (QED) is 0.0454. The molecule has 4 N–H and O–H groups in total. The van der Waals surface area contributed by atoms with Crippen molar-refractivity contribution >= 4 is 157 Å². The van der Waals surface area contributed by atoms with E-state index in [-0.39, 0.29) is 63.5 Å². The first-order valence-corrected chi connectivity index (χ1v) is 51.8. The highest BCUT2D eigenvalue weighted by molar-refractivity contribution is 8.70. The van der Waals surface area contributed by atoms with Crippen LogP contribution in [0.2, 0.25) is 0 Å². The van der Waals surface area contributed by atoms with Crippen LogP contribution in [0.3, 0.4) is 0 Å². The van der Waals surface area contributed by atoms with Gasteiger partial charge in [0.1, 0.15) is 28.0 Å². The van der Waals surface area contributed by atoms with E-state index in [1.54, 1.807) is 61.5 Å². The molecule has 3 fully saturated rings. The summed E-state index contributed by atoms with van der Waals surface area (Å²) in [4.78, 5) is 52.7. The van der Waals surface area contributed by atoms with Crippen molar-refractivity contribution < 1.29 is 58.6 Å². The molecule has 111 heavy (non-hydrogen) atoms. The number of esters is 2. The smallest absolute Gasteiger partial charge is 0.304 e. The lowest BCUT2D eigenvalue weighted by molar-refractivity contribution is -0.225. The first-order valence-electron chi connectivity index (χ1n) is 35.8. The van der Waals surface area contributed by atoms with E-state index >= 15 is 0 Å². The van der Waals surface area contributed by atoms with Gasteiger partial charge in [-0.3, -0.25) is 19.2 Å². The molecule has 0 unspecified atom stereocenters. The Hall–Kier alpha value is -5.00. The monoisotopic (exact) mass is 1760 g/mol. The summed E-state index contributed by atoms with van der Waals surface area (Å²) >= 11 is 18.2. The lowest BCUT2D eigenvalue weighted by Crippen LogP contribution is -2.67. The van der Waals surface area contributed by atoms with Crippen molar-refractivity contribution in [2.75, 3.05) is 13.2 Å². The minimum Gasteiger partial charge on any atom is -0.458 e. The number of hydrogen-bond donors (Lipinski definition) is 4. The van der Waals surface area contributed by atoms with Crippen LogP contribution in [-0.4, -0.2) is 96.4 Å². The zero-order chi connectivity index (χ0) is 79.3. The highest BCUT2D eigenvalue weighted by Crippen LogP contribution is 2.77. The molecule has 3 saturated carbocycles. The summed E-state index contributed by atoms with van der Waals surface area (Å²) in [7, 11) is 14.8. The average molecular weight is 1760 g/mol. The van der Waals surface area contributed by atoms with E-state index < -0.39 is 103 Å². The summed E-state index contributed by atoms with van der Waals surface area (Å²) in [6.45, 7) is 18.2. The Bertz CT molecular complexity index is 4890. The van der Waals surface area contributed by atoms with Gasteiger partial charge in [0.25, 0.3) is 0 Å². The topological polar surface area (TPSA) is 211 Å². The predicted octanol–water partition coefficient (Wildman–Crippen LogP) is 13.9. The molecule has 0 spiro atoms. The molecule has 0 aromatic heterocycles. The summed E-state index contributed by atoms with van der Waals surface area (Å²) in [6.07, 6.45) is 8.17. The molecule has 8 aliphatic rings. The minimum absolute atomic E-state index is 0. The maximum absolute atomic E-state index is 13.9. The number of carbonyl (C=O) groups is 4. The van der Waals surface area contributed by atoms with Crippen LogP contribution in [0.25, 0.3) is 0 Å². The highest BCUT2D eigenvalue weighted by Gasteiger charge is 2.83. The van der Waals surface area contributed by atoms with Gasteiger partial charge in [0.15, 0.2) is 11.6 Å². The fraction of sp³-hybridized carbons (Fsp3) is 0.422. The summed E-state index contributed by atoms with van der Waals surface area (Å²) in [5.74, 6) is -6.18. The predicted molar refractivity (Wildman–Crippen MR) is 473 cm³/mol. The normalized spacial score (nSPS) is 29.7. The number of nitrogens with zero attached hydrogens (tertiary/aromatic N) is 2. The third-order valence-electron chi connectivity index (χ3n) is 23.7. The number of ketones is 2. The molecule has 590 valence electrons. The third kappa shape index (κ3) is 16.6. The van der Waals surface area contributed by atoms with Crippen molar-refractivity contribution in [1.82, 2.24) is 0 Å². The number of hydrogen-bond acceptors (Lipinski definition) is 18. The van der Waals surface area contributed by atoms with Gasteiger partial charge in [0.2, 0.25) is 5.72 Å². The maximum Gasteiger partial charge on any atom is 0.304 e. The summed E-state index contributed by atoms with van der Waals surface area (Å²) in [6, 6.07) is 60.3. The number of ether oxygens (including phenoxy) is 4. The number of rotatable bonds is 14. The van der Waals surface area contributed by atoms with E-state index in [1.165, 1.54) is 67.1 Å². The molecule has 0 bridgehead atoms. The Morgan fingerprint density at radius 1 is 0.459 bits per heavy atom. The molecule has 1 heterocycles. The second kappa shape index (κ2) is 36.3. The van der Waals surface area contributed by atoms with E-state index in [0.29, 0.717) is 23.1 Å². The first kappa shape index (κ1) is 88.4. The lowest BCUT2D eigenvalue weighted by atomic mass is 9.52. The van der Waals surface area contributed by atoms with Crippen LogP contribution in [0.4, 0.5) is 0 Å². The zero-order valence-electron chi connectivity index (χ0n) is 62.2. The highest BCUT2D eigenvalue weighted by atomic mass is 33.4. The van der Waals surface area contributed by atoms with E-state index in [0.717, 1.165) is 39.0 Å². The third-order valence-corrected chi connectivity index (χ3v) is 41.4. The van der Waals surface area contributed by atoms with E-state index in [1.807, 2.05) is 185 Å². The molecule has 6 aromatic rings. The van der Waals surface area contributed by atoms with Gasteiger partial charge in [-0.1, -0.05) is 241 Å². The Kier molecular flexibility index (Phi) is 28.9. The van der Waals surface area contributed by atoms with Gasteiger partial charge in [-0.25, -0.2) is 0 Å². The molecular weight excluding hydrogens is 1670 g/mol. The van der Waals surface area contributed by atoms with E-state index in [2.05, 4.69) is 105 Å². The van der Waals surface area contributed by atoms with Gasteiger partial charge in [0, 0.05) is 202 Å². The molecule has 0 saturated heterocycles. The molecule has 6 aromatic carbocycles. The van der Waals surface area contributed by atoms with Crippen LogP contribution in [0, 0.1) is 52.8 Å². The Morgan fingerprint density at radius 3 is 1.08 bits per heavy atom. The van der Waals surface area contributed by atoms with Gasteiger partial charge in [-0.05, 0) is 102 Å². The molecule has 1 aliphatic heterocycles. The summed E-state index contributed by atoms with van der Waals surface area (Å²) in [5, 5.41) is 60.1. The zero-order valence-corrected chi connectivity index (χ0v) is 73.6. The van der Waals surface area contributed by atoms with Crippen molar-refractivity contribution in [3.63, 3.8) is 0 Å². The number of Topliss-reactive ketones (excluding diaryl/α,β-unsaturated/α-hetero) is 2. The second-order valence-corrected chi connectivity index (χ2v) is 48.2. The Balaban J connectivity index is 0.000000200. The number of aliphatic hydroxyl groups is 4. The van der Waals surface area contributed by atoms with Crippen molar-refractivity contribution in [3.8, 4) is 0 Å². The van der Waals surface area contributed by atoms with Gasteiger partial charge in [0.05, 0.1) is 35.9 Å². The fourth-order valence-corrected chi connectivity index (χ4v) is 35.8. The Labute approximate surface area is 699 Å². The second-order valence-electron chi connectivity index (χ2n) is 30.5. The maximum atomic E-state index is 13.9. The molecule has 14 nitrogen and oxygen atoms in total. The molecule has 14 rings (SSSR count). The van der Waals surface area contributed by atoms with Crippen molar-refractivity contribution in [2.24, 2.45) is 63.0 Å². The van der Waals surface area contributed by atoms with Gasteiger partial charge >= 0.3 is 11.9 Å². The summed E-state index contributed by atoms with van der Waals surface area (Å²) in [5.41, 5.74) is -4.28. The fourth-order valence-electron chi connectivity index (χ4n) is 19.4. The molecule has 0 amide bonds. The van der Waals surface area contributed by atoms with Crippen molar-refractivity contribution in [3.05, 3.63) is 262 Å². The van der Waals surface area contributed by atoms with Crippen LogP contribution in [0.5, 0.6) is 0 Å². The van der Waals surface area contributed by atoms with Gasteiger partial charge in [-0.15, -0.1) is 5.11 Å². The first-order chi connectivity index (χ1) is 52.4. The number of azo groups is 1. The van der Waals surface area contributed by atoms with Crippen LogP contribution in [-0.2, 0) is 183 Å². The van der Waals surface area contributed by atoms with Crippen LogP contribution < -0.4 is 0 Å². The number of carbonyl (C=O) groups excluding carboxylic acids is 4. The molecule has 14 atom stereocenters. The standard InChI is InChI=1S/C41H44N2O6.C41H44O6.CH4.S8.S6/c1-26-21-34-38(46,36(26)45)24-29(22-33-35-37(4,5)42-43-39(35,49-28(3)44)23-27(2)40(33,34)47)25-48-41(30-15-9-6-10-16-30,31-17-11-7-12-18-31)32-19-13-8-14-20-32;1-26-21-34-38(44,36(26)43)24-29(22-33-35-37(4,5)39(35,47-28(3)42)23-27(2)40(33,34)45)25-46-41(30-15-9-6-10-16-30,31-17-11-7-12-18-31)32-19-13-8-14-20-32;;1-3-5-7-8-6-4-2;1-3-5-6-4-2/h6-22,27,33-35,46-47H,23-25H2,1-5H3;6-22,27,33-35,44-45H,23-25H2,1-5H3;1H4;;/t2*27-,33+,34-,35-,38-,39+,40-;;;/m11.../s1. The van der Waals surface area contributed by atoms with E-state index in [4.69, 9.17) is 18.9 Å². The largest absolute Gasteiger partial charge is 0.458 e. The van der Waals surface area contributed by atoms with Gasteiger partial charge in [-0.2, -0.15) is 5.11 Å². The minimum atomic E-state index is -1.90. The van der Waals surface area contributed by atoms with Crippen molar-refractivity contribution in [2.45, 2.75) is 153 Å². The molecule has 28 heteroatoms. The van der Waals surface area contributed by atoms with Crippen LogP contribution in [0.15, 0.2) is 239 Å².